The van der Waals surface area contributed by atoms with Gasteiger partial charge in [0.15, 0.2) is 16.7 Å². The standard InChI is InChI=1S/C19H23N5O5S2/c1-13-17(14(2)29-21-13)31(26,27)24-10-8-23(9-11-24)18(25)16-5-4-15(28-16)12-30-19-20-6-7-22(19)3/h4-7H,8-12H2,1-3H3. The molecule has 0 atom stereocenters. The summed E-state index contributed by atoms with van der Waals surface area (Å²) in [6, 6.07) is 3.44. The molecule has 0 saturated carbocycles. The molecule has 1 fully saturated rings. The maximum atomic E-state index is 12.9. The van der Waals surface area contributed by atoms with Gasteiger partial charge in [0.25, 0.3) is 5.91 Å². The molecule has 3 aromatic rings. The van der Waals surface area contributed by atoms with Crippen LogP contribution in [0.5, 0.6) is 0 Å². The van der Waals surface area contributed by atoms with Crippen LogP contribution in [0, 0.1) is 13.8 Å². The fourth-order valence-corrected chi connectivity index (χ4v) is 6.00. The first kappa shape index (κ1) is 21.7. The average Bonchev–Trinajstić information content (AvgIpc) is 3.46. The number of piperazine rings is 1. The Labute approximate surface area is 184 Å². The Morgan fingerprint density at radius 2 is 1.94 bits per heavy atom. The number of rotatable bonds is 6. The summed E-state index contributed by atoms with van der Waals surface area (Å²) in [5.74, 6) is 1.50. The lowest BCUT2D eigenvalue weighted by atomic mass is 10.3. The number of amides is 1. The van der Waals surface area contributed by atoms with Gasteiger partial charge in [-0.2, -0.15) is 4.31 Å². The maximum Gasteiger partial charge on any atom is 0.289 e. The number of aryl methyl sites for hydroxylation is 3. The van der Waals surface area contributed by atoms with Crippen molar-refractivity contribution in [3.8, 4) is 0 Å². The van der Waals surface area contributed by atoms with E-state index in [-0.39, 0.29) is 48.5 Å². The van der Waals surface area contributed by atoms with Crippen molar-refractivity contribution in [2.75, 3.05) is 26.2 Å². The molecule has 166 valence electrons. The molecule has 0 aromatic carbocycles. The van der Waals surface area contributed by atoms with Gasteiger partial charge in [-0.05, 0) is 26.0 Å². The monoisotopic (exact) mass is 465 g/mol. The molecule has 10 nitrogen and oxygen atoms in total. The lowest BCUT2D eigenvalue weighted by Gasteiger charge is -2.33. The number of thioether (sulfide) groups is 1. The normalized spacial score (nSPS) is 15.5. The molecule has 0 unspecified atom stereocenters. The number of hydrogen-bond donors (Lipinski definition) is 0. The third kappa shape index (κ3) is 4.27. The summed E-state index contributed by atoms with van der Waals surface area (Å²) in [5.41, 5.74) is 0.336. The second-order valence-corrected chi connectivity index (χ2v) is 10.0. The van der Waals surface area contributed by atoms with Gasteiger partial charge in [-0.25, -0.2) is 13.4 Å². The van der Waals surface area contributed by atoms with Crippen molar-refractivity contribution in [1.82, 2.24) is 23.9 Å². The Morgan fingerprint density at radius 1 is 1.19 bits per heavy atom. The van der Waals surface area contributed by atoms with E-state index in [4.69, 9.17) is 8.94 Å². The smallest absolute Gasteiger partial charge is 0.289 e. The van der Waals surface area contributed by atoms with E-state index in [0.717, 1.165) is 5.16 Å². The Bertz CT molecular complexity index is 1170. The van der Waals surface area contributed by atoms with Gasteiger partial charge in [-0.3, -0.25) is 4.79 Å². The second-order valence-electron chi connectivity index (χ2n) is 7.22. The van der Waals surface area contributed by atoms with E-state index in [1.54, 1.807) is 37.1 Å². The van der Waals surface area contributed by atoms with Crippen molar-refractivity contribution in [2.24, 2.45) is 7.05 Å². The van der Waals surface area contributed by atoms with Gasteiger partial charge in [0.1, 0.15) is 16.3 Å². The van der Waals surface area contributed by atoms with Crippen LogP contribution in [0.4, 0.5) is 0 Å². The highest BCUT2D eigenvalue weighted by molar-refractivity contribution is 7.98. The minimum absolute atomic E-state index is 0.105. The van der Waals surface area contributed by atoms with Gasteiger partial charge < -0.3 is 18.4 Å². The number of nitrogens with zero attached hydrogens (tertiary/aromatic N) is 5. The number of hydrogen-bond acceptors (Lipinski definition) is 8. The molecule has 12 heteroatoms. The minimum atomic E-state index is -3.72. The van der Waals surface area contributed by atoms with Gasteiger partial charge in [0.2, 0.25) is 10.0 Å². The predicted octanol–water partition coefficient (Wildman–Crippen LogP) is 2.06. The first-order valence-electron chi connectivity index (χ1n) is 9.68. The van der Waals surface area contributed by atoms with Gasteiger partial charge in [0, 0.05) is 45.6 Å². The van der Waals surface area contributed by atoms with Crippen molar-refractivity contribution >= 4 is 27.7 Å². The van der Waals surface area contributed by atoms with Crippen LogP contribution in [-0.4, -0.2) is 64.4 Å². The highest BCUT2D eigenvalue weighted by Gasteiger charge is 2.34. The van der Waals surface area contributed by atoms with Crippen LogP contribution in [0.1, 0.15) is 27.8 Å². The van der Waals surface area contributed by atoms with Gasteiger partial charge in [0.05, 0.1) is 5.75 Å². The molecular formula is C19H23N5O5S2. The molecule has 3 aromatic heterocycles. The van der Waals surface area contributed by atoms with Crippen LogP contribution in [0.3, 0.4) is 0 Å². The molecule has 0 N–H and O–H groups in total. The van der Waals surface area contributed by atoms with E-state index in [1.165, 1.54) is 16.1 Å². The van der Waals surface area contributed by atoms with Crippen LogP contribution in [0.15, 0.2) is 43.5 Å². The van der Waals surface area contributed by atoms with Crippen LogP contribution in [0.2, 0.25) is 0 Å². The number of imidazole rings is 1. The van der Waals surface area contributed by atoms with Crippen molar-refractivity contribution in [3.05, 3.63) is 47.5 Å². The molecular weight excluding hydrogens is 442 g/mol. The molecule has 1 aliphatic rings. The zero-order valence-corrected chi connectivity index (χ0v) is 19.1. The molecule has 4 heterocycles. The lowest BCUT2D eigenvalue weighted by molar-refractivity contribution is 0.0664. The van der Waals surface area contributed by atoms with Crippen LogP contribution in [-0.2, 0) is 22.8 Å². The van der Waals surface area contributed by atoms with Gasteiger partial charge in [-0.1, -0.05) is 16.9 Å². The van der Waals surface area contributed by atoms with E-state index in [0.29, 0.717) is 17.2 Å². The topological polar surface area (TPSA) is 115 Å². The molecule has 0 radical (unpaired) electrons. The Hall–Kier alpha value is -2.57. The van der Waals surface area contributed by atoms with Crippen LogP contribution < -0.4 is 0 Å². The number of carbonyl (C=O) groups excluding carboxylic acids is 1. The summed E-state index contributed by atoms with van der Waals surface area (Å²) in [5, 5.41) is 4.59. The average molecular weight is 466 g/mol. The Balaban J connectivity index is 1.36. The van der Waals surface area contributed by atoms with E-state index in [9.17, 15) is 13.2 Å². The molecule has 4 rings (SSSR count). The summed E-state index contributed by atoms with van der Waals surface area (Å²) in [6.07, 6.45) is 3.59. The number of carbonyl (C=O) groups is 1. The quantitative estimate of drug-likeness (QED) is 0.508. The summed E-state index contributed by atoms with van der Waals surface area (Å²) >= 11 is 1.52. The third-order valence-corrected chi connectivity index (χ3v) is 8.31. The molecule has 1 saturated heterocycles. The number of furan rings is 1. The zero-order valence-electron chi connectivity index (χ0n) is 17.4. The highest BCUT2D eigenvalue weighted by atomic mass is 32.2. The van der Waals surface area contributed by atoms with Crippen LogP contribution >= 0.6 is 11.8 Å². The Kier molecular flexibility index (Phi) is 5.95. The van der Waals surface area contributed by atoms with Gasteiger partial charge >= 0.3 is 0 Å². The summed E-state index contributed by atoms with van der Waals surface area (Å²) in [7, 11) is -1.80. The van der Waals surface area contributed by atoms with Crippen molar-refractivity contribution in [3.63, 3.8) is 0 Å². The zero-order chi connectivity index (χ0) is 22.2. The largest absolute Gasteiger partial charge is 0.455 e. The predicted molar refractivity (Wildman–Crippen MR) is 112 cm³/mol. The third-order valence-electron chi connectivity index (χ3n) is 5.08. The van der Waals surface area contributed by atoms with E-state index in [2.05, 4.69) is 10.1 Å². The van der Waals surface area contributed by atoms with E-state index < -0.39 is 10.0 Å². The summed E-state index contributed by atoms with van der Waals surface area (Å²) in [6.45, 7) is 4.12. The molecule has 1 amide bonds. The Morgan fingerprint density at radius 3 is 2.55 bits per heavy atom. The fraction of sp³-hybridized carbons (Fsp3) is 0.421. The molecule has 0 bridgehead atoms. The summed E-state index contributed by atoms with van der Waals surface area (Å²) < 4.78 is 39.9. The maximum absolute atomic E-state index is 12.9. The van der Waals surface area contributed by atoms with E-state index >= 15 is 0 Å². The lowest BCUT2D eigenvalue weighted by Crippen LogP contribution is -2.50. The summed E-state index contributed by atoms with van der Waals surface area (Å²) in [4.78, 5) is 18.8. The fourth-order valence-electron chi connectivity index (χ4n) is 3.46. The molecule has 0 aliphatic carbocycles. The number of sulfonamides is 1. The van der Waals surface area contributed by atoms with Gasteiger partial charge in [-0.15, -0.1) is 0 Å². The van der Waals surface area contributed by atoms with Crippen molar-refractivity contribution in [2.45, 2.75) is 29.7 Å². The van der Waals surface area contributed by atoms with Crippen LogP contribution in [0.25, 0.3) is 0 Å². The molecule has 0 spiro atoms. The molecule has 31 heavy (non-hydrogen) atoms. The van der Waals surface area contributed by atoms with Crippen molar-refractivity contribution < 1.29 is 22.2 Å². The second kappa shape index (κ2) is 8.52. The minimum Gasteiger partial charge on any atom is -0.455 e. The molecule has 1 aliphatic heterocycles. The highest BCUT2D eigenvalue weighted by Crippen LogP contribution is 2.25. The SMILES string of the molecule is Cc1noc(C)c1S(=O)(=O)N1CCN(C(=O)c2ccc(CSc3nccn3C)o2)CC1. The first-order valence-corrected chi connectivity index (χ1v) is 12.1. The van der Waals surface area contributed by atoms with Crippen molar-refractivity contribution in [1.29, 1.82) is 0 Å². The number of aromatic nitrogens is 3. The van der Waals surface area contributed by atoms with E-state index in [1.807, 2.05) is 17.8 Å². The first-order chi connectivity index (χ1) is 14.8.